The number of carboxylic acid groups (broad SMARTS) is 1. The van der Waals surface area contributed by atoms with Crippen molar-refractivity contribution in [2.24, 2.45) is 17.6 Å². The summed E-state index contributed by atoms with van der Waals surface area (Å²) in [5, 5.41) is 26.7. The molecule has 1 aromatic carbocycles. The molecule has 184 valence electrons. The van der Waals surface area contributed by atoms with Crippen LogP contribution in [0.25, 0.3) is 0 Å². The van der Waals surface area contributed by atoms with Crippen molar-refractivity contribution >= 4 is 23.7 Å². The van der Waals surface area contributed by atoms with Crippen LogP contribution in [0.1, 0.15) is 40.2 Å². The van der Waals surface area contributed by atoms with Crippen molar-refractivity contribution in [1.29, 1.82) is 0 Å². The number of amides is 3. The number of benzene rings is 1. The van der Waals surface area contributed by atoms with E-state index >= 15 is 0 Å². The fourth-order valence-corrected chi connectivity index (χ4v) is 3.09. The lowest BCUT2D eigenvalue weighted by atomic mass is 9.98. The molecule has 33 heavy (non-hydrogen) atoms. The SMILES string of the molecule is CC(C)C(NC(=O)C(N)C(C)O)C(=O)NC(C(=O)NC(Cc1ccccc1)C(=O)O)C(C)C. The summed E-state index contributed by atoms with van der Waals surface area (Å²) in [7, 11) is 0. The third-order valence-electron chi connectivity index (χ3n) is 5.21. The van der Waals surface area contributed by atoms with Crippen LogP contribution in [0, 0.1) is 11.8 Å². The van der Waals surface area contributed by atoms with Crippen LogP contribution >= 0.6 is 0 Å². The Morgan fingerprint density at radius 1 is 0.818 bits per heavy atom. The number of aliphatic carboxylic acids is 1. The van der Waals surface area contributed by atoms with E-state index in [1.165, 1.54) is 6.92 Å². The van der Waals surface area contributed by atoms with Gasteiger partial charge in [0.25, 0.3) is 0 Å². The smallest absolute Gasteiger partial charge is 0.326 e. The Morgan fingerprint density at radius 3 is 1.70 bits per heavy atom. The standard InChI is InChI=1S/C23H36N4O6/c1-12(2)18(21(30)25-16(23(32)33)11-15-9-7-6-8-10-15)27-22(31)19(13(3)4)26-20(29)17(24)14(5)28/h6-10,12-14,16-19,28H,11,24H2,1-5H3,(H,25,30)(H,26,29)(H,27,31)(H,32,33). The van der Waals surface area contributed by atoms with Crippen LogP contribution in [-0.2, 0) is 25.6 Å². The van der Waals surface area contributed by atoms with E-state index in [4.69, 9.17) is 5.73 Å². The Morgan fingerprint density at radius 2 is 1.27 bits per heavy atom. The van der Waals surface area contributed by atoms with Crippen LogP contribution in [0.3, 0.4) is 0 Å². The van der Waals surface area contributed by atoms with E-state index < -0.39 is 54.0 Å². The van der Waals surface area contributed by atoms with Gasteiger partial charge >= 0.3 is 5.97 Å². The molecule has 10 nitrogen and oxygen atoms in total. The molecule has 10 heteroatoms. The summed E-state index contributed by atoms with van der Waals surface area (Å²) in [5.74, 6) is -3.84. The van der Waals surface area contributed by atoms with Gasteiger partial charge < -0.3 is 31.9 Å². The van der Waals surface area contributed by atoms with E-state index in [2.05, 4.69) is 16.0 Å². The van der Waals surface area contributed by atoms with Crippen molar-refractivity contribution in [2.45, 2.75) is 71.3 Å². The van der Waals surface area contributed by atoms with E-state index in [0.717, 1.165) is 5.56 Å². The maximum atomic E-state index is 12.9. The Kier molecular flexibility index (Phi) is 11.0. The molecule has 5 atom stereocenters. The Bertz CT molecular complexity index is 812. The summed E-state index contributed by atoms with van der Waals surface area (Å²) in [6.07, 6.45) is -1.02. The van der Waals surface area contributed by atoms with Gasteiger partial charge in [0.15, 0.2) is 0 Å². The van der Waals surface area contributed by atoms with Gasteiger partial charge in [0.1, 0.15) is 24.2 Å². The van der Waals surface area contributed by atoms with Crippen molar-refractivity contribution < 1.29 is 29.4 Å². The van der Waals surface area contributed by atoms with Crippen LogP contribution in [-0.4, -0.2) is 64.2 Å². The first-order valence-electron chi connectivity index (χ1n) is 11.0. The van der Waals surface area contributed by atoms with Crippen LogP contribution in [0.4, 0.5) is 0 Å². The molecule has 1 rings (SSSR count). The normalized spacial score (nSPS) is 15.8. The minimum absolute atomic E-state index is 0.0859. The molecule has 0 aromatic heterocycles. The Labute approximate surface area is 194 Å². The quantitative estimate of drug-likeness (QED) is 0.248. The molecule has 0 heterocycles. The number of nitrogens with one attached hydrogen (secondary N) is 3. The summed E-state index contributed by atoms with van der Waals surface area (Å²) >= 11 is 0. The maximum absolute atomic E-state index is 12.9. The van der Waals surface area contributed by atoms with Gasteiger partial charge in [-0.1, -0.05) is 58.0 Å². The average Bonchev–Trinajstić information content (AvgIpc) is 2.74. The van der Waals surface area contributed by atoms with Crippen molar-refractivity contribution in [3.63, 3.8) is 0 Å². The molecule has 0 aliphatic rings. The van der Waals surface area contributed by atoms with Crippen molar-refractivity contribution in [3.8, 4) is 0 Å². The molecule has 0 aliphatic heterocycles. The molecule has 0 radical (unpaired) electrons. The van der Waals surface area contributed by atoms with Gasteiger partial charge in [-0.2, -0.15) is 0 Å². The third kappa shape index (κ3) is 8.82. The summed E-state index contributed by atoms with van der Waals surface area (Å²) < 4.78 is 0. The number of aliphatic hydroxyl groups is 1. The zero-order valence-corrected chi connectivity index (χ0v) is 19.7. The predicted octanol–water partition coefficient (Wildman–Crippen LogP) is -0.212. The second-order valence-electron chi connectivity index (χ2n) is 8.82. The van der Waals surface area contributed by atoms with Crippen LogP contribution in [0.15, 0.2) is 30.3 Å². The fraction of sp³-hybridized carbons (Fsp3) is 0.565. The average molecular weight is 465 g/mol. The van der Waals surface area contributed by atoms with Gasteiger partial charge in [-0.05, 0) is 24.3 Å². The van der Waals surface area contributed by atoms with Crippen molar-refractivity contribution in [3.05, 3.63) is 35.9 Å². The lowest BCUT2D eigenvalue weighted by Crippen LogP contribution is -2.60. The second kappa shape index (κ2) is 12.9. The summed E-state index contributed by atoms with van der Waals surface area (Å²) in [6.45, 7) is 8.21. The molecule has 0 saturated heterocycles. The highest BCUT2D eigenvalue weighted by molar-refractivity contribution is 5.94. The number of carbonyl (C=O) groups is 4. The van der Waals surface area contributed by atoms with Crippen molar-refractivity contribution in [2.75, 3.05) is 0 Å². The summed E-state index contributed by atoms with van der Waals surface area (Å²) in [5.41, 5.74) is 6.38. The van der Waals surface area contributed by atoms with Crippen LogP contribution in [0.2, 0.25) is 0 Å². The first-order chi connectivity index (χ1) is 15.3. The number of carbonyl (C=O) groups excluding carboxylic acids is 3. The van der Waals surface area contributed by atoms with Gasteiger partial charge in [0.05, 0.1) is 6.10 Å². The molecule has 1 aromatic rings. The first kappa shape index (κ1) is 28.1. The fourth-order valence-electron chi connectivity index (χ4n) is 3.09. The van der Waals surface area contributed by atoms with E-state index in [1.807, 2.05) is 0 Å². The third-order valence-corrected chi connectivity index (χ3v) is 5.21. The topological polar surface area (TPSA) is 171 Å². The lowest BCUT2D eigenvalue weighted by Gasteiger charge is -2.28. The molecule has 0 bridgehead atoms. The predicted molar refractivity (Wildman–Crippen MR) is 123 cm³/mol. The van der Waals surface area contributed by atoms with Gasteiger partial charge in [-0.25, -0.2) is 4.79 Å². The highest BCUT2D eigenvalue weighted by atomic mass is 16.4. The van der Waals surface area contributed by atoms with Gasteiger partial charge in [-0.3, -0.25) is 14.4 Å². The molecule has 5 unspecified atom stereocenters. The number of nitrogens with two attached hydrogens (primary N) is 1. The molecular weight excluding hydrogens is 428 g/mol. The molecule has 3 amide bonds. The Balaban J connectivity index is 2.94. The monoisotopic (exact) mass is 464 g/mol. The zero-order valence-electron chi connectivity index (χ0n) is 19.7. The number of hydrogen-bond donors (Lipinski definition) is 6. The molecule has 0 fully saturated rings. The Hall–Kier alpha value is -2.98. The highest BCUT2D eigenvalue weighted by Gasteiger charge is 2.33. The van der Waals surface area contributed by atoms with Gasteiger partial charge in [0, 0.05) is 6.42 Å². The van der Waals surface area contributed by atoms with E-state index in [-0.39, 0.29) is 18.3 Å². The maximum Gasteiger partial charge on any atom is 0.326 e. The number of rotatable bonds is 12. The van der Waals surface area contributed by atoms with Crippen LogP contribution < -0.4 is 21.7 Å². The lowest BCUT2D eigenvalue weighted by molar-refractivity contribution is -0.142. The minimum atomic E-state index is -1.21. The van der Waals surface area contributed by atoms with E-state index in [1.54, 1.807) is 58.0 Å². The second-order valence-corrected chi connectivity index (χ2v) is 8.82. The largest absolute Gasteiger partial charge is 0.480 e. The first-order valence-corrected chi connectivity index (χ1v) is 11.0. The van der Waals surface area contributed by atoms with Crippen LogP contribution in [0.5, 0.6) is 0 Å². The number of aliphatic hydroxyl groups excluding tert-OH is 1. The number of carboxylic acids is 1. The molecule has 0 saturated carbocycles. The van der Waals surface area contributed by atoms with Gasteiger partial charge in [0.2, 0.25) is 17.7 Å². The zero-order chi connectivity index (χ0) is 25.3. The molecule has 0 aliphatic carbocycles. The summed E-state index contributed by atoms with van der Waals surface area (Å²) in [6, 6.07) is 4.46. The van der Waals surface area contributed by atoms with E-state index in [9.17, 15) is 29.4 Å². The summed E-state index contributed by atoms with van der Waals surface area (Å²) in [4.78, 5) is 49.8. The highest BCUT2D eigenvalue weighted by Crippen LogP contribution is 2.09. The van der Waals surface area contributed by atoms with Gasteiger partial charge in [-0.15, -0.1) is 0 Å². The molecular formula is C23H36N4O6. The molecule has 0 spiro atoms. The van der Waals surface area contributed by atoms with Crippen molar-refractivity contribution in [1.82, 2.24) is 16.0 Å². The number of hydrogen-bond acceptors (Lipinski definition) is 6. The van der Waals surface area contributed by atoms with E-state index in [0.29, 0.717) is 0 Å². The molecule has 7 N–H and O–H groups in total. The minimum Gasteiger partial charge on any atom is -0.480 e.